The van der Waals surface area contributed by atoms with Crippen LogP contribution in [0.3, 0.4) is 0 Å². The number of halogens is 3. The van der Waals surface area contributed by atoms with E-state index >= 15 is 0 Å². The first-order valence-corrected chi connectivity index (χ1v) is 5.22. The molecule has 0 bridgehead atoms. The van der Waals surface area contributed by atoms with Gasteiger partial charge in [0, 0.05) is 6.20 Å². The normalized spacial score (nSPS) is 12.2. The van der Waals surface area contributed by atoms with Crippen molar-refractivity contribution in [3.05, 3.63) is 41.7 Å². The topological polar surface area (TPSA) is 41.6 Å². The van der Waals surface area contributed by atoms with Crippen LogP contribution in [0.4, 0.5) is 13.2 Å². The van der Waals surface area contributed by atoms with E-state index in [1.54, 1.807) is 18.3 Å². The van der Waals surface area contributed by atoms with Crippen LogP contribution in [0.5, 0.6) is 0 Å². The Kier molecular flexibility index (Phi) is 3.18. The number of aromatic nitrogens is 3. The lowest BCUT2D eigenvalue weighted by Crippen LogP contribution is -2.04. The van der Waals surface area contributed by atoms with Crippen molar-refractivity contribution in [2.75, 3.05) is 0 Å². The second-order valence-corrected chi connectivity index (χ2v) is 3.64. The molecular weight excluding hydrogens is 243 g/mol. The van der Waals surface area contributed by atoms with Crippen LogP contribution < -0.4 is 0 Å². The Hall–Kier alpha value is -2.11. The van der Waals surface area contributed by atoms with Crippen molar-refractivity contribution in [2.24, 2.45) is 0 Å². The molecule has 18 heavy (non-hydrogen) atoms. The van der Waals surface area contributed by atoms with Gasteiger partial charge in [-0.15, -0.1) is 0 Å². The molecule has 0 fully saturated rings. The first-order chi connectivity index (χ1) is 8.50. The Morgan fingerprint density at radius 1 is 1.28 bits per heavy atom. The Morgan fingerprint density at radius 2 is 2.06 bits per heavy atom. The molecule has 0 atom stereocenters. The minimum Gasteiger partial charge on any atom is -0.276 e. The van der Waals surface area contributed by atoms with Crippen LogP contribution in [0.15, 0.2) is 30.5 Å². The summed E-state index contributed by atoms with van der Waals surface area (Å²) >= 11 is 0. The van der Waals surface area contributed by atoms with Gasteiger partial charge in [-0.3, -0.25) is 10.1 Å². The van der Waals surface area contributed by atoms with Gasteiger partial charge in [-0.25, -0.2) is 0 Å². The maximum Gasteiger partial charge on any atom is 0.435 e. The molecule has 2 heterocycles. The number of aromatic amines is 1. The average molecular weight is 253 g/mol. The van der Waals surface area contributed by atoms with E-state index in [-0.39, 0.29) is 5.69 Å². The Balaban J connectivity index is 2.37. The summed E-state index contributed by atoms with van der Waals surface area (Å²) < 4.78 is 37.2. The molecule has 6 heteroatoms. The van der Waals surface area contributed by atoms with E-state index in [1.165, 1.54) is 0 Å². The third-order valence-corrected chi connectivity index (χ3v) is 2.29. The molecule has 0 aromatic carbocycles. The molecule has 2 aromatic heterocycles. The van der Waals surface area contributed by atoms with Gasteiger partial charge in [0.1, 0.15) is 0 Å². The average Bonchev–Trinajstić information content (AvgIpc) is 2.78. The van der Waals surface area contributed by atoms with E-state index in [0.29, 0.717) is 5.69 Å². The van der Waals surface area contributed by atoms with Crippen molar-refractivity contribution in [3.8, 4) is 11.4 Å². The Labute approximate surface area is 101 Å². The predicted molar refractivity (Wildman–Crippen MR) is 61.5 cm³/mol. The number of pyridine rings is 1. The number of allylic oxidation sites excluding steroid dienone is 1. The highest BCUT2D eigenvalue weighted by atomic mass is 19.4. The summed E-state index contributed by atoms with van der Waals surface area (Å²) in [6.45, 7) is 1.86. The van der Waals surface area contributed by atoms with Gasteiger partial charge in [0.15, 0.2) is 5.69 Å². The maximum absolute atomic E-state index is 12.4. The fraction of sp³-hybridized carbons (Fsp3) is 0.167. The lowest BCUT2D eigenvalue weighted by Gasteiger charge is -1.99. The van der Waals surface area contributed by atoms with E-state index in [4.69, 9.17) is 0 Å². The van der Waals surface area contributed by atoms with Crippen molar-refractivity contribution in [1.29, 1.82) is 0 Å². The van der Waals surface area contributed by atoms with Crippen molar-refractivity contribution in [1.82, 2.24) is 15.2 Å². The van der Waals surface area contributed by atoms with Gasteiger partial charge in [-0.1, -0.05) is 12.2 Å². The van der Waals surface area contributed by atoms with E-state index in [9.17, 15) is 13.2 Å². The fourth-order valence-electron chi connectivity index (χ4n) is 1.49. The largest absolute Gasteiger partial charge is 0.435 e. The number of rotatable bonds is 2. The number of hydrogen-bond donors (Lipinski definition) is 1. The number of hydrogen-bond acceptors (Lipinski definition) is 2. The summed E-state index contributed by atoms with van der Waals surface area (Å²) in [5, 5.41) is 5.57. The van der Waals surface area contributed by atoms with Crippen LogP contribution in [0, 0.1) is 0 Å². The van der Waals surface area contributed by atoms with Crippen molar-refractivity contribution in [2.45, 2.75) is 13.1 Å². The molecule has 1 N–H and O–H groups in total. The van der Waals surface area contributed by atoms with Crippen molar-refractivity contribution < 1.29 is 13.2 Å². The summed E-state index contributed by atoms with van der Waals surface area (Å²) in [5.41, 5.74) is 0.587. The van der Waals surface area contributed by atoms with Crippen molar-refractivity contribution >= 4 is 6.08 Å². The molecule has 3 nitrogen and oxygen atoms in total. The molecule has 0 amide bonds. The zero-order chi connectivity index (χ0) is 13.2. The van der Waals surface area contributed by atoms with Gasteiger partial charge < -0.3 is 0 Å². The molecule has 0 aliphatic carbocycles. The molecule has 0 unspecified atom stereocenters. The second kappa shape index (κ2) is 4.64. The zero-order valence-corrected chi connectivity index (χ0v) is 9.49. The van der Waals surface area contributed by atoms with Crippen LogP contribution in [-0.2, 0) is 6.18 Å². The van der Waals surface area contributed by atoms with Gasteiger partial charge in [-0.05, 0) is 30.7 Å². The highest BCUT2D eigenvalue weighted by Gasteiger charge is 2.34. The van der Waals surface area contributed by atoms with Gasteiger partial charge in [0.2, 0.25) is 0 Å². The summed E-state index contributed by atoms with van der Waals surface area (Å²) in [5.74, 6) is 0. The predicted octanol–water partition coefficient (Wildman–Crippen LogP) is 3.52. The van der Waals surface area contributed by atoms with Gasteiger partial charge >= 0.3 is 6.18 Å². The quantitative estimate of drug-likeness (QED) is 0.889. The minimum absolute atomic E-state index is 0.244. The summed E-state index contributed by atoms with van der Waals surface area (Å²) in [4.78, 5) is 4.01. The highest BCUT2D eigenvalue weighted by Crippen LogP contribution is 2.29. The smallest absolute Gasteiger partial charge is 0.276 e. The summed E-state index contributed by atoms with van der Waals surface area (Å²) in [6.07, 6.45) is 0.772. The lowest BCUT2D eigenvalue weighted by atomic mass is 10.2. The van der Waals surface area contributed by atoms with E-state index in [2.05, 4.69) is 15.2 Å². The molecule has 0 aliphatic heterocycles. The number of nitrogens with zero attached hydrogens (tertiary/aromatic N) is 2. The van der Waals surface area contributed by atoms with Crippen LogP contribution >= 0.6 is 0 Å². The van der Waals surface area contributed by atoms with Crippen LogP contribution in [-0.4, -0.2) is 15.2 Å². The molecule has 94 valence electrons. The molecule has 0 saturated heterocycles. The van der Waals surface area contributed by atoms with Crippen LogP contribution in [0.1, 0.15) is 18.2 Å². The Bertz CT molecular complexity index is 570. The third-order valence-electron chi connectivity index (χ3n) is 2.29. The summed E-state index contributed by atoms with van der Waals surface area (Å²) in [7, 11) is 0. The highest BCUT2D eigenvalue weighted by molar-refractivity contribution is 5.60. The fourth-order valence-corrected chi connectivity index (χ4v) is 1.49. The monoisotopic (exact) mass is 253 g/mol. The molecule has 0 saturated carbocycles. The summed E-state index contributed by atoms with van der Waals surface area (Å²) in [6, 6.07) is 4.40. The SMILES string of the molecule is C/C=C/c1ccnc(-c2cc(C(F)(F)F)n[nH]2)c1. The minimum atomic E-state index is -4.45. The van der Waals surface area contributed by atoms with Crippen LogP contribution in [0.25, 0.3) is 17.5 Å². The molecule has 2 rings (SSSR count). The molecule has 0 aliphatic rings. The number of nitrogens with one attached hydrogen (secondary N) is 1. The first kappa shape index (κ1) is 12.3. The van der Waals surface area contributed by atoms with Gasteiger partial charge in [-0.2, -0.15) is 18.3 Å². The van der Waals surface area contributed by atoms with Gasteiger partial charge in [0.25, 0.3) is 0 Å². The van der Waals surface area contributed by atoms with Crippen molar-refractivity contribution in [3.63, 3.8) is 0 Å². The van der Waals surface area contributed by atoms with Crippen LogP contribution in [0.2, 0.25) is 0 Å². The number of alkyl halides is 3. The Morgan fingerprint density at radius 3 is 2.67 bits per heavy atom. The third kappa shape index (κ3) is 2.58. The number of H-pyrrole nitrogens is 1. The van der Waals surface area contributed by atoms with E-state index < -0.39 is 11.9 Å². The second-order valence-electron chi connectivity index (χ2n) is 3.64. The standard InChI is InChI=1S/C12H10F3N3/c1-2-3-8-4-5-16-9(6-8)10-7-11(18-17-10)12(13,14)15/h2-7H,1H3,(H,17,18)/b3-2+. The van der Waals surface area contributed by atoms with E-state index in [0.717, 1.165) is 11.6 Å². The maximum atomic E-state index is 12.4. The van der Waals surface area contributed by atoms with Gasteiger partial charge in [0.05, 0.1) is 11.4 Å². The first-order valence-electron chi connectivity index (χ1n) is 5.22. The molecule has 2 aromatic rings. The zero-order valence-electron chi connectivity index (χ0n) is 9.49. The lowest BCUT2D eigenvalue weighted by molar-refractivity contribution is -0.141. The molecule has 0 radical (unpaired) electrons. The molecule has 0 spiro atoms. The molecular formula is C12H10F3N3. The van der Waals surface area contributed by atoms with E-state index in [1.807, 2.05) is 19.1 Å².